The molecule has 0 radical (unpaired) electrons. The van der Waals surface area contributed by atoms with Crippen LogP contribution < -0.4 is 25.0 Å². The van der Waals surface area contributed by atoms with Crippen molar-refractivity contribution in [1.82, 2.24) is 0 Å². The second-order valence-corrected chi connectivity index (χ2v) is 6.72. The standard InChI is InChI=1S/C24H23N3O5/c1-16(29)20-13-22(31-2)23(32-3)14-21(20)27(19-11-9-17(10-12-19)25-15-28)24(30)26-18-7-5-4-6-8-18/h4-15H,1-3H3,(H,25,28)(H,26,30). The van der Waals surface area contributed by atoms with Gasteiger partial charge < -0.3 is 20.1 Å². The molecule has 0 unspecified atom stereocenters. The predicted molar refractivity (Wildman–Crippen MR) is 123 cm³/mol. The Morgan fingerprint density at radius 2 is 1.50 bits per heavy atom. The maximum Gasteiger partial charge on any atom is 0.330 e. The second kappa shape index (κ2) is 10.1. The van der Waals surface area contributed by atoms with E-state index in [1.807, 2.05) is 6.07 Å². The number of ether oxygens (including phenoxy) is 2. The Morgan fingerprint density at radius 3 is 2.06 bits per heavy atom. The molecule has 3 amide bonds. The van der Waals surface area contributed by atoms with Crippen LogP contribution in [0.3, 0.4) is 0 Å². The van der Waals surface area contributed by atoms with E-state index in [9.17, 15) is 14.4 Å². The molecule has 0 atom stereocenters. The van der Waals surface area contributed by atoms with E-state index in [-0.39, 0.29) is 11.3 Å². The highest BCUT2D eigenvalue weighted by Crippen LogP contribution is 2.39. The number of benzene rings is 3. The van der Waals surface area contributed by atoms with Crippen LogP contribution in [-0.2, 0) is 4.79 Å². The molecule has 3 aromatic carbocycles. The molecule has 3 aromatic rings. The number of rotatable bonds is 8. The highest BCUT2D eigenvalue weighted by Gasteiger charge is 2.25. The number of ketones is 1. The fraction of sp³-hybridized carbons (Fsp3) is 0.125. The molecule has 0 aliphatic rings. The van der Waals surface area contributed by atoms with Gasteiger partial charge in [-0.2, -0.15) is 0 Å². The van der Waals surface area contributed by atoms with Crippen LogP contribution in [0.1, 0.15) is 17.3 Å². The molecular formula is C24H23N3O5. The lowest BCUT2D eigenvalue weighted by atomic mass is 10.1. The Hall–Kier alpha value is -4.33. The van der Waals surface area contributed by atoms with Gasteiger partial charge in [0.15, 0.2) is 17.3 Å². The Balaban J connectivity index is 2.16. The lowest BCUT2D eigenvalue weighted by molar-refractivity contribution is -0.105. The topological polar surface area (TPSA) is 97.0 Å². The van der Waals surface area contributed by atoms with Gasteiger partial charge in [-0.25, -0.2) is 4.79 Å². The van der Waals surface area contributed by atoms with Gasteiger partial charge in [0, 0.05) is 23.0 Å². The van der Waals surface area contributed by atoms with Gasteiger partial charge in [0.2, 0.25) is 6.41 Å². The van der Waals surface area contributed by atoms with Crippen LogP contribution in [0.25, 0.3) is 0 Å². The van der Waals surface area contributed by atoms with Crippen LogP contribution in [0, 0.1) is 0 Å². The highest BCUT2D eigenvalue weighted by atomic mass is 16.5. The van der Waals surface area contributed by atoms with Gasteiger partial charge in [0.05, 0.1) is 25.6 Å². The summed E-state index contributed by atoms with van der Waals surface area (Å²) >= 11 is 0. The van der Waals surface area contributed by atoms with Crippen molar-refractivity contribution >= 4 is 41.0 Å². The Kier molecular flexibility index (Phi) is 7.07. The molecule has 0 fully saturated rings. The number of anilines is 4. The van der Waals surface area contributed by atoms with E-state index in [4.69, 9.17) is 9.47 Å². The molecular weight excluding hydrogens is 410 g/mol. The molecule has 0 heterocycles. The van der Waals surface area contributed by atoms with Crippen molar-refractivity contribution in [3.8, 4) is 11.5 Å². The first-order valence-electron chi connectivity index (χ1n) is 9.71. The lowest BCUT2D eigenvalue weighted by Gasteiger charge is -2.26. The third-order valence-corrected chi connectivity index (χ3v) is 4.70. The van der Waals surface area contributed by atoms with E-state index in [0.717, 1.165) is 0 Å². The van der Waals surface area contributed by atoms with Crippen LogP contribution in [0.4, 0.5) is 27.5 Å². The van der Waals surface area contributed by atoms with Crippen LogP contribution in [-0.4, -0.2) is 32.4 Å². The Morgan fingerprint density at radius 1 is 0.875 bits per heavy atom. The first-order chi connectivity index (χ1) is 15.5. The largest absolute Gasteiger partial charge is 0.493 e. The molecule has 0 aliphatic carbocycles. The van der Waals surface area contributed by atoms with Crippen molar-refractivity contribution < 1.29 is 23.9 Å². The van der Waals surface area contributed by atoms with E-state index < -0.39 is 6.03 Å². The summed E-state index contributed by atoms with van der Waals surface area (Å²) in [6, 6.07) is 18.2. The number of nitrogens with one attached hydrogen (secondary N) is 2. The number of hydrogen-bond donors (Lipinski definition) is 2. The van der Waals surface area contributed by atoms with E-state index in [2.05, 4.69) is 10.6 Å². The van der Waals surface area contributed by atoms with Crippen molar-refractivity contribution in [2.45, 2.75) is 6.92 Å². The summed E-state index contributed by atoms with van der Waals surface area (Å²) in [4.78, 5) is 38.0. The molecule has 32 heavy (non-hydrogen) atoms. The van der Waals surface area contributed by atoms with Gasteiger partial charge in [-0.1, -0.05) is 18.2 Å². The normalized spacial score (nSPS) is 10.1. The van der Waals surface area contributed by atoms with E-state index >= 15 is 0 Å². The summed E-state index contributed by atoms with van der Waals surface area (Å²) in [5.41, 5.74) is 2.23. The maximum absolute atomic E-state index is 13.4. The Bertz CT molecular complexity index is 1110. The van der Waals surface area contributed by atoms with Crippen molar-refractivity contribution in [3.05, 3.63) is 72.3 Å². The van der Waals surface area contributed by atoms with Crippen LogP contribution in [0.2, 0.25) is 0 Å². The predicted octanol–water partition coefficient (Wildman–Crippen LogP) is 4.84. The van der Waals surface area contributed by atoms with Gasteiger partial charge in [0.25, 0.3) is 0 Å². The van der Waals surface area contributed by atoms with Gasteiger partial charge in [0.1, 0.15) is 0 Å². The maximum atomic E-state index is 13.4. The van der Waals surface area contributed by atoms with Crippen LogP contribution in [0.5, 0.6) is 11.5 Å². The summed E-state index contributed by atoms with van der Waals surface area (Å²) < 4.78 is 10.7. The molecule has 0 spiro atoms. The zero-order valence-electron chi connectivity index (χ0n) is 17.9. The van der Waals surface area contributed by atoms with E-state index in [0.29, 0.717) is 40.7 Å². The summed E-state index contributed by atoms with van der Waals surface area (Å²) in [5.74, 6) is 0.484. The molecule has 0 aliphatic heterocycles. The summed E-state index contributed by atoms with van der Waals surface area (Å²) in [5, 5.41) is 5.40. The fourth-order valence-electron chi connectivity index (χ4n) is 3.18. The molecule has 0 aromatic heterocycles. The third kappa shape index (κ3) is 4.86. The number of urea groups is 1. The highest BCUT2D eigenvalue weighted by molar-refractivity contribution is 6.12. The van der Waals surface area contributed by atoms with Gasteiger partial charge in [-0.15, -0.1) is 0 Å². The number of hydrogen-bond acceptors (Lipinski definition) is 5. The number of carbonyl (C=O) groups excluding carboxylic acids is 3. The zero-order valence-corrected chi connectivity index (χ0v) is 17.9. The first kappa shape index (κ1) is 22.4. The zero-order chi connectivity index (χ0) is 23.1. The van der Waals surface area contributed by atoms with Crippen molar-refractivity contribution in [3.63, 3.8) is 0 Å². The Labute approximate surface area is 185 Å². The van der Waals surface area contributed by atoms with Crippen molar-refractivity contribution in [1.29, 1.82) is 0 Å². The number of para-hydroxylation sites is 1. The minimum atomic E-state index is -0.484. The van der Waals surface area contributed by atoms with E-state index in [1.165, 1.54) is 26.0 Å². The molecule has 164 valence electrons. The number of Topliss-reactive ketones (excluding diaryl/α,β-unsaturated/α-hetero) is 1. The fourth-order valence-corrected chi connectivity index (χ4v) is 3.18. The number of carbonyl (C=O) groups is 3. The molecule has 8 nitrogen and oxygen atoms in total. The van der Waals surface area contributed by atoms with Gasteiger partial charge in [-0.3, -0.25) is 14.5 Å². The van der Waals surface area contributed by atoms with Crippen LogP contribution in [0.15, 0.2) is 66.7 Å². The molecule has 0 bridgehead atoms. The minimum Gasteiger partial charge on any atom is -0.493 e. The summed E-state index contributed by atoms with van der Waals surface area (Å²) in [6.45, 7) is 1.41. The number of nitrogens with zero attached hydrogens (tertiary/aromatic N) is 1. The molecule has 8 heteroatoms. The smallest absolute Gasteiger partial charge is 0.330 e. The van der Waals surface area contributed by atoms with Gasteiger partial charge >= 0.3 is 6.03 Å². The number of amides is 3. The van der Waals surface area contributed by atoms with Crippen molar-refractivity contribution in [2.24, 2.45) is 0 Å². The van der Waals surface area contributed by atoms with Crippen molar-refractivity contribution in [2.75, 3.05) is 29.8 Å². The van der Waals surface area contributed by atoms with Gasteiger partial charge in [-0.05, 0) is 49.4 Å². The second-order valence-electron chi connectivity index (χ2n) is 6.72. The average molecular weight is 433 g/mol. The summed E-state index contributed by atoms with van der Waals surface area (Å²) in [7, 11) is 2.95. The average Bonchev–Trinajstić information content (AvgIpc) is 2.80. The number of methoxy groups -OCH3 is 2. The molecule has 2 N–H and O–H groups in total. The molecule has 0 saturated heterocycles. The minimum absolute atomic E-state index is 0.252. The third-order valence-electron chi connectivity index (χ3n) is 4.70. The SMILES string of the molecule is COc1cc(C(C)=O)c(N(C(=O)Nc2ccccc2)c2ccc(NC=O)cc2)cc1OC. The van der Waals surface area contributed by atoms with Crippen LogP contribution >= 0.6 is 0 Å². The monoisotopic (exact) mass is 433 g/mol. The molecule has 0 saturated carbocycles. The van der Waals surface area contributed by atoms with E-state index in [1.54, 1.807) is 60.7 Å². The quantitative estimate of drug-likeness (QED) is 0.391. The molecule has 3 rings (SSSR count). The first-order valence-corrected chi connectivity index (χ1v) is 9.71. The lowest BCUT2D eigenvalue weighted by Crippen LogP contribution is -2.32. The summed E-state index contributed by atoms with van der Waals surface area (Å²) in [6.07, 6.45) is 0.567.